The number of aliphatic hydroxyl groups is 1. The number of aryl methyl sites for hydroxylation is 4. The standard InChI is InChI=1S/C33H38N2O4/c1-8-34(9-2)26-14-12-24(13-15-26)30-29(31(36)27-17-23(6)28(39-7)18-22(27)5)32(37)33(38)35(30)19-25-16-20(3)10-11-21(25)4/h10-18,30,36H,8-9,19H2,1-7H3/b31-29+. The molecule has 1 aliphatic rings. The van der Waals surface area contributed by atoms with Gasteiger partial charge in [0.2, 0.25) is 0 Å². The summed E-state index contributed by atoms with van der Waals surface area (Å²) in [6.45, 7) is 14.0. The fourth-order valence-corrected chi connectivity index (χ4v) is 5.41. The number of nitrogens with zero attached hydrogens (tertiary/aromatic N) is 2. The molecule has 0 spiro atoms. The zero-order chi connectivity index (χ0) is 28.4. The van der Waals surface area contributed by atoms with Gasteiger partial charge in [0.15, 0.2) is 0 Å². The van der Waals surface area contributed by atoms with Crippen LogP contribution < -0.4 is 9.64 Å². The lowest BCUT2D eigenvalue weighted by atomic mass is 9.92. The fourth-order valence-electron chi connectivity index (χ4n) is 5.41. The Hall–Kier alpha value is -4.06. The maximum absolute atomic E-state index is 13.6. The van der Waals surface area contributed by atoms with Crippen molar-refractivity contribution in [3.63, 3.8) is 0 Å². The molecule has 39 heavy (non-hydrogen) atoms. The maximum Gasteiger partial charge on any atom is 0.295 e. The smallest absolute Gasteiger partial charge is 0.295 e. The summed E-state index contributed by atoms with van der Waals surface area (Å²) in [4.78, 5) is 31.0. The van der Waals surface area contributed by atoms with Crippen LogP contribution in [-0.4, -0.2) is 41.9 Å². The molecule has 0 bridgehead atoms. The van der Waals surface area contributed by atoms with E-state index >= 15 is 0 Å². The van der Waals surface area contributed by atoms with E-state index < -0.39 is 17.7 Å². The molecule has 6 heteroatoms. The average Bonchev–Trinajstić information content (AvgIpc) is 3.17. The molecule has 1 unspecified atom stereocenters. The Kier molecular flexibility index (Phi) is 8.14. The molecule has 4 rings (SSSR count). The van der Waals surface area contributed by atoms with Gasteiger partial charge in [0.25, 0.3) is 11.7 Å². The van der Waals surface area contributed by atoms with Crippen LogP contribution >= 0.6 is 0 Å². The molecule has 3 aromatic rings. The van der Waals surface area contributed by atoms with Crippen LogP contribution in [0.5, 0.6) is 5.75 Å². The first-order valence-corrected chi connectivity index (χ1v) is 13.5. The fraction of sp³-hybridized carbons (Fsp3) is 0.333. The summed E-state index contributed by atoms with van der Waals surface area (Å²) in [5.74, 6) is -0.762. The number of carbonyl (C=O) groups excluding carboxylic acids is 2. The monoisotopic (exact) mass is 526 g/mol. The molecule has 1 aliphatic heterocycles. The molecule has 3 aromatic carbocycles. The Bertz CT molecular complexity index is 1430. The van der Waals surface area contributed by atoms with Crippen LogP contribution in [0.2, 0.25) is 0 Å². The van der Waals surface area contributed by atoms with Crippen molar-refractivity contribution in [3.8, 4) is 5.75 Å². The van der Waals surface area contributed by atoms with Crippen molar-refractivity contribution in [2.24, 2.45) is 0 Å². The van der Waals surface area contributed by atoms with Crippen molar-refractivity contribution in [1.29, 1.82) is 0 Å². The normalized spacial score (nSPS) is 16.6. The molecule has 1 atom stereocenters. The zero-order valence-corrected chi connectivity index (χ0v) is 24.0. The predicted octanol–water partition coefficient (Wildman–Crippen LogP) is 6.40. The number of rotatable bonds is 8. The molecule has 0 saturated carbocycles. The first-order chi connectivity index (χ1) is 18.6. The molecule has 0 aromatic heterocycles. The lowest BCUT2D eigenvalue weighted by Gasteiger charge is -2.27. The average molecular weight is 527 g/mol. The Morgan fingerprint density at radius 3 is 2.18 bits per heavy atom. The number of aliphatic hydroxyl groups excluding tert-OH is 1. The topological polar surface area (TPSA) is 70.1 Å². The highest BCUT2D eigenvalue weighted by Crippen LogP contribution is 2.42. The van der Waals surface area contributed by atoms with E-state index in [9.17, 15) is 14.7 Å². The second-order valence-electron chi connectivity index (χ2n) is 10.3. The summed E-state index contributed by atoms with van der Waals surface area (Å²) in [5.41, 5.74) is 7.14. The summed E-state index contributed by atoms with van der Waals surface area (Å²) in [6, 6.07) is 17.0. The number of hydrogen-bond acceptors (Lipinski definition) is 5. The van der Waals surface area contributed by atoms with Crippen LogP contribution in [0.1, 0.15) is 58.8 Å². The van der Waals surface area contributed by atoms with E-state index in [1.165, 1.54) is 0 Å². The van der Waals surface area contributed by atoms with Crippen LogP contribution in [0.4, 0.5) is 5.69 Å². The quantitative estimate of drug-likeness (QED) is 0.209. The van der Waals surface area contributed by atoms with Gasteiger partial charge >= 0.3 is 0 Å². The molecule has 0 aliphatic carbocycles. The molecule has 0 radical (unpaired) electrons. The first kappa shape index (κ1) is 28.0. The van der Waals surface area contributed by atoms with E-state index in [0.29, 0.717) is 11.3 Å². The number of anilines is 1. The molecular formula is C33H38N2O4. The van der Waals surface area contributed by atoms with Crippen LogP contribution in [0.25, 0.3) is 5.76 Å². The molecular weight excluding hydrogens is 488 g/mol. The van der Waals surface area contributed by atoms with Gasteiger partial charge in [-0.1, -0.05) is 35.9 Å². The molecule has 204 valence electrons. The van der Waals surface area contributed by atoms with Gasteiger partial charge in [0.1, 0.15) is 11.5 Å². The SMILES string of the molecule is CCN(CC)c1ccc(C2/C(=C(\O)c3cc(C)c(OC)cc3C)C(=O)C(=O)N2Cc2cc(C)ccc2C)cc1. The highest BCUT2D eigenvalue weighted by atomic mass is 16.5. The third-order valence-electron chi connectivity index (χ3n) is 7.72. The van der Waals surface area contributed by atoms with Crippen LogP contribution in [0.15, 0.2) is 60.2 Å². The van der Waals surface area contributed by atoms with Gasteiger partial charge in [-0.3, -0.25) is 9.59 Å². The number of methoxy groups -OCH3 is 1. The first-order valence-electron chi connectivity index (χ1n) is 13.5. The number of carbonyl (C=O) groups is 2. The molecule has 1 N–H and O–H groups in total. The van der Waals surface area contributed by atoms with Gasteiger partial charge in [-0.05, 0) is 93.6 Å². The minimum atomic E-state index is -0.725. The van der Waals surface area contributed by atoms with Gasteiger partial charge in [0, 0.05) is 30.9 Å². The summed E-state index contributed by atoms with van der Waals surface area (Å²) in [5, 5.41) is 11.6. The van der Waals surface area contributed by atoms with E-state index in [-0.39, 0.29) is 17.9 Å². The zero-order valence-electron chi connectivity index (χ0n) is 24.0. The van der Waals surface area contributed by atoms with Crippen molar-refractivity contribution in [3.05, 3.63) is 99.1 Å². The predicted molar refractivity (Wildman–Crippen MR) is 156 cm³/mol. The summed E-state index contributed by atoms with van der Waals surface area (Å²) >= 11 is 0. The second kappa shape index (κ2) is 11.4. The molecule has 1 amide bonds. The Morgan fingerprint density at radius 2 is 1.56 bits per heavy atom. The number of ether oxygens (including phenoxy) is 1. The number of ketones is 1. The molecule has 1 saturated heterocycles. The van der Waals surface area contributed by atoms with Crippen LogP contribution in [-0.2, 0) is 16.1 Å². The van der Waals surface area contributed by atoms with Crippen LogP contribution in [0.3, 0.4) is 0 Å². The summed E-state index contributed by atoms with van der Waals surface area (Å²) < 4.78 is 5.44. The van der Waals surface area contributed by atoms with Crippen LogP contribution in [0, 0.1) is 27.7 Å². The highest BCUT2D eigenvalue weighted by molar-refractivity contribution is 6.46. The minimum absolute atomic E-state index is 0.105. The summed E-state index contributed by atoms with van der Waals surface area (Å²) in [6.07, 6.45) is 0. The van der Waals surface area contributed by atoms with Crippen molar-refractivity contribution in [2.45, 2.75) is 54.1 Å². The number of benzene rings is 3. The van der Waals surface area contributed by atoms with Crippen molar-refractivity contribution >= 4 is 23.1 Å². The number of likely N-dealkylation sites (tertiary alicyclic amines) is 1. The van der Waals surface area contributed by atoms with Gasteiger partial charge in [-0.15, -0.1) is 0 Å². The van der Waals surface area contributed by atoms with Gasteiger partial charge in [-0.2, -0.15) is 0 Å². The Morgan fingerprint density at radius 1 is 0.897 bits per heavy atom. The largest absolute Gasteiger partial charge is 0.507 e. The maximum atomic E-state index is 13.6. The van der Waals surface area contributed by atoms with Crippen molar-refractivity contribution in [1.82, 2.24) is 4.90 Å². The third-order valence-corrected chi connectivity index (χ3v) is 7.72. The van der Waals surface area contributed by atoms with Crippen molar-refractivity contribution < 1.29 is 19.4 Å². The lowest BCUT2D eigenvalue weighted by Crippen LogP contribution is -2.29. The second-order valence-corrected chi connectivity index (χ2v) is 10.3. The number of Topliss-reactive ketones (excluding diaryl/α,β-unsaturated/α-hetero) is 1. The van der Waals surface area contributed by atoms with E-state index in [1.54, 1.807) is 12.0 Å². The van der Waals surface area contributed by atoms with E-state index in [0.717, 1.165) is 52.2 Å². The number of hydrogen-bond donors (Lipinski definition) is 1. The van der Waals surface area contributed by atoms with Gasteiger partial charge < -0.3 is 19.6 Å². The molecule has 1 fully saturated rings. The highest BCUT2D eigenvalue weighted by Gasteiger charge is 2.46. The molecule has 1 heterocycles. The van der Waals surface area contributed by atoms with E-state index in [4.69, 9.17) is 4.74 Å². The van der Waals surface area contributed by atoms with Crippen molar-refractivity contribution in [2.75, 3.05) is 25.1 Å². The Balaban J connectivity index is 1.90. The van der Waals surface area contributed by atoms with E-state index in [2.05, 4.69) is 18.7 Å². The molecule has 6 nitrogen and oxygen atoms in total. The third kappa shape index (κ3) is 5.29. The van der Waals surface area contributed by atoms with E-state index in [1.807, 2.05) is 82.3 Å². The number of amides is 1. The van der Waals surface area contributed by atoms with Gasteiger partial charge in [-0.25, -0.2) is 0 Å². The lowest BCUT2D eigenvalue weighted by molar-refractivity contribution is -0.140. The minimum Gasteiger partial charge on any atom is -0.507 e. The summed E-state index contributed by atoms with van der Waals surface area (Å²) in [7, 11) is 1.60. The Labute approximate surface area is 231 Å². The van der Waals surface area contributed by atoms with Gasteiger partial charge in [0.05, 0.1) is 18.7 Å².